The molecule has 1 nitrogen and oxygen atoms in total. The molecule has 1 aromatic rings. The molecule has 0 aliphatic carbocycles. The predicted octanol–water partition coefficient (Wildman–Crippen LogP) is 2.58. The zero-order chi connectivity index (χ0) is 8.69. The standard InChI is InChI=1S/C8H6N.BrH.Zn/c1-7-2-4-8(6-9)5-3-7;;/h2-5H,1H2;1H;/q-1;;+2/p-1. The molecule has 0 aromatic heterocycles. The SMILES string of the molecule is [CH2-]c1ccc(C#N)cc1.[Zn+][Br]. The molecule has 52 valence electrons. The number of halogens is 1. The summed E-state index contributed by atoms with van der Waals surface area (Å²) in [4.78, 5) is 0. The molecule has 0 aliphatic heterocycles. The van der Waals surface area contributed by atoms with Gasteiger partial charge in [-0.1, -0.05) is 0 Å². The topological polar surface area (TPSA) is 23.8 Å². The van der Waals surface area contributed by atoms with Crippen molar-refractivity contribution in [1.82, 2.24) is 0 Å². The van der Waals surface area contributed by atoms with Crippen molar-refractivity contribution in [3.63, 3.8) is 0 Å². The average Bonchev–Trinajstić information content (AvgIpc) is 2.10. The molecule has 0 saturated carbocycles. The van der Waals surface area contributed by atoms with Gasteiger partial charge in [-0.15, -0.1) is 12.1 Å². The van der Waals surface area contributed by atoms with Gasteiger partial charge in [0.2, 0.25) is 0 Å². The van der Waals surface area contributed by atoms with Crippen LogP contribution >= 0.6 is 13.6 Å². The summed E-state index contributed by atoms with van der Waals surface area (Å²) in [5, 5.41) is 8.36. The minimum absolute atomic E-state index is 0.683. The van der Waals surface area contributed by atoms with E-state index in [1.165, 1.54) is 16.3 Å². The summed E-state index contributed by atoms with van der Waals surface area (Å²) in [7, 11) is 0. The monoisotopic (exact) mass is 259 g/mol. The summed E-state index contributed by atoms with van der Waals surface area (Å²) in [5.74, 6) is 0. The molecule has 11 heavy (non-hydrogen) atoms. The fourth-order valence-electron chi connectivity index (χ4n) is 0.579. The van der Waals surface area contributed by atoms with Crippen molar-refractivity contribution < 1.29 is 16.3 Å². The Labute approximate surface area is 83.5 Å². The Morgan fingerprint density at radius 2 is 1.73 bits per heavy atom. The van der Waals surface area contributed by atoms with Crippen LogP contribution in [0, 0.1) is 18.3 Å². The molecule has 1 rings (SSSR count). The Hall–Kier alpha value is -0.317. The van der Waals surface area contributed by atoms with E-state index in [-0.39, 0.29) is 0 Å². The van der Waals surface area contributed by atoms with Crippen LogP contribution in [0.5, 0.6) is 0 Å². The second-order valence-electron chi connectivity index (χ2n) is 1.81. The minimum atomic E-state index is 0.683. The van der Waals surface area contributed by atoms with Crippen molar-refractivity contribution >= 4 is 13.6 Å². The molecule has 1 aromatic carbocycles. The van der Waals surface area contributed by atoms with Crippen LogP contribution in [0.1, 0.15) is 11.1 Å². The molecule has 0 amide bonds. The van der Waals surface area contributed by atoms with Gasteiger partial charge in [0.25, 0.3) is 0 Å². The zero-order valence-electron chi connectivity index (χ0n) is 6.05. The first-order valence-electron chi connectivity index (χ1n) is 2.92. The molecular formula is C8H6BrNZn. The fourth-order valence-corrected chi connectivity index (χ4v) is 0.579. The Bertz CT molecular complexity index is 237. The van der Waals surface area contributed by atoms with Crippen molar-refractivity contribution in [2.24, 2.45) is 0 Å². The Morgan fingerprint density at radius 3 is 2.09 bits per heavy atom. The van der Waals surface area contributed by atoms with Crippen LogP contribution in [-0.2, 0) is 16.3 Å². The van der Waals surface area contributed by atoms with Crippen LogP contribution in [0.25, 0.3) is 0 Å². The first kappa shape index (κ1) is 10.7. The van der Waals surface area contributed by atoms with Crippen molar-refractivity contribution in [3.05, 3.63) is 42.3 Å². The number of nitrogens with zero attached hydrogens (tertiary/aromatic N) is 1. The van der Waals surface area contributed by atoms with E-state index in [0.29, 0.717) is 5.56 Å². The molecule has 0 saturated heterocycles. The molecule has 0 aliphatic rings. The summed E-state index contributed by atoms with van der Waals surface area (Å²) in [5.41, 5.74) is 1.62. The Balaban J connectivity index is 0.000000461. The van der Waals surface area contributed by atoms with Crippen molar-refractivity contribution in [3.8, 4) is 6.07 Å². The van der Waals surface area contributed by atoms with Crippen molar-refractivity contribution in [2.75, 3.05) is 0 Å². The zero-order valence-corrected chi connectivity index (χ0v) is 10.6. The molecule has 3 heteroatoms. The third-order valence-electron chi connectivity index (χ3n) is 1.08. The van der Waals surface area contributed by atoms with Crippen LogP contribution in [-0.4, -0.2) is 0 Å². The third kappa shape index (κ3) is 4.19. The van der Waals surface area contributed by atoms with Gasteiger partial charge in [-0.05, 0) is 0 Å². The Kier molecular flexibility index (Phi) is 6.21. The molecule has 0 N–H and O–H groups in total. The van der Waals surface area contributed by atoms with E-state index >= 15 is 0 Å². The average molecular weight is 261 g/mol. The molecule has 0 unspecified atom stereocenters. The van der Waals surface area contributed by atoms with Gasteiger partial charge < -0.3 is 0 Å². The molecule has 0 fully saturated rings. The van der Waals surface area contributed by atoms with E-state index in [4.69, 9.17) is 5.26 Å². The normalized spacial score (nSPS) is 7.45. The van der Waals surface area contributed by atoms with Crippen molar-refractivity contribution in [1.29, 1.82) is 5.26 Å². The van der Waals surface area contributed by atoms with Gasteiger partial charge >= 0.3 is 30.0 Å². The van der Waals surface area contributed by atoms with Crippen molar-refractivity contribution in [2.45, 2.75) is 0 Å². The molecular weight excluding hydrogens is 255 g/mol. The first-order chi connectivity index (χ1) is 5.33. The van der Waals surface area contributed by atoms with Crippen LogP contribution in [0.15, 0.2) is 24.3 Å². The molecule has 0 spiro atoms. The van der Waals surface area contributed by atoms with Gasteiger partial charge in [-0.25, -0.2) is 0 Å². The Morgan fingerprint density at radius 1 is 1.27 bits per heavy atom. The third-order valence-corrected chi connectivity index (χ3v) is 1.08. The van der Waals surface area contributed by atoms with E-state index in [2.05, 4.69) is 20.5 Å². The summed E-state index contributed by atoms with van der Waals surface area (Å²) < 4.78 is 0. The van der Waals surface area contributed by atoms with Gasteiger partial charge in [0, 0.05) is 5.56 Å². The van der Waals surface area contributed by atoms with E-state index in [1.807, 2.05) is 18.2 Å². The molecule has 0 bridgehead atoms. The summed E-state index contributed by atoms with van der Waals surface area (Å²) in [6.45, 7) is 3.69. The summed E-state index contributed by atoms with van der Waals surface area (Å²) in [6, 6.07) is 9.17. The van der Waals surface area contributed by atoms with Gasteiger partial charge in [0.15, 0.2) is 0 Å². The van der Waals surface area contributed by atoms with Crippen LogP contribution < -0.4 is 0 Å². The molecule has 0 radical (unpaired) electrons. The summed E-state index contributed by atoms with van der Waals surface area (Å²) >= 11 is 4.25. The molecule has 0 heterocycles. The van der Waals surface area contributed by atoms with Crippen LogP contribution in [0.4, 0.5) is 0 Å². The first-order valence-corrected chi connectivity index (χ1v) is 9.86. The fraction of sp³-hybridized carbons (Fsp3) is 0. The maximum absolute atomic E-state index is 8.36. The number of benzene rings is 1. The second kappa shape index (κ2) is 6.40. The van der Waals surface area contributed by atoms with Gasteiger partial charge in [-0.2, -0.15) is 29.9 Å². The van der Waals surface area contributed by atoms with Gasteiger partial charge in [0.1, 0.15) is 0 Å². The molecule has 0 atom stereocenters. The van der Waals surface area contributed by atoms with E-state index in [9.17, 15) is 0 Å². The van der Waals surface area contributed by atoms with E-state index in [0.717, 1.165) is 5.56 Å². The predicted molar refractivity (Wildman–Crippen MR) is 44.5 cm³/mol. The van der Waals surface area contributed by atoms with Crippen LogP contribution in [0.2, 0.25) is 0 Å². The maximum atomic E-state index is 8.36. The second-order valence-corrected chi connectivity index (χ2v) is 1.81. The number of hydrogen-bond donors (Lipinski definition) is 0. The van der Waals surface area contributed by atoms with Crippen LogP contribution in [0.3, 0.4) is 0 Å². The van der Waals surface area contributed by atoms with Gasteiger partial charge in [0.05, 0.1) is 6.07 Å². The quantitative estimate of drug-likeness (QED) is 0.520. The number of nitriles is 1. The number of hydrogen-bond acceptors (Lipinski definition) is 1. The van der Waals surface area contributed by atoms with Gasteiger partial charge in [-0.3, -0.25) is 0 Å². The van der Waals surface area contributed by atoms with E-state index in [1.54, 1.807) is 12.1 Å². The van der Waals surface area contributed by atoms with E-state index < -0.39 is 0 Å². The number of rotatable bonds is 0. The summed E-state index contributed by atoms with van der Waals surface area (Å²) in [6.07, 6.45) is 0.